The van der Waals surface area contributed by atoms with E-state index in [1.165, 1.54) is 0 Å². The topological polar surface area (TPSA) is 46.6 Å². The fourth-order valence-corrected chi connectivity index (χ4v) is 1.69. The van der Waals surface area contributed by atoms with Crippen molar-refractivity contribution in [1.82, 2.24) is 4.90 Å². The largest absolute Gasteiger partial charge is 0.466 e. The Labute approximate surface area is 114 Å². The lowest BCUT2D eigenvalue weighted by Gasteiger charge is -2.17. The molecule has 1 aromatic carbocycles. The van der Waals surface area contributed by atoms with E-state index in [-0.39, 0.29) is 18.3 Å². The third kappa shape index (κ3) is 4.39. The van der Waals surface area contributed by atoms with Crippen LogP contribution in [0.25, 0.3) is 0 Å². The van der Waals surface area contributed by atoms with Crippen molar-refractivity contribution in [2.24, 2.45) is 0 Å². The van der Waals surface area contributed by atoms with Gasteiger partial charge in [-0.2, -0.15) is 0 Å². The summed E-state index contributed by atoms with van der Waals surface area (Å²) in [6, 6.07) is 5.62. The molecule has 0 aliphatic heterocycles. The zero-order chi connectivity index (χ0) is 14.4. The maximum absolute atomic E-state index is 12.2. The van der Waals surface area contributed by atoms with Crippen LogP contribution >= 0.6 is 0 Å². The summed E-state index contributed by atoms with van der Waals surface area (Å²) >= 11 is 0. The second kappa shape index (κ2) is 6.92. The van der Waals surface area contributed by atoms with Crippen LogP contribution in [0.1, 0.15) is 34.8 Å². The number of aryl methyl sites for hydroxylation is 2. The Kier molecular flexibility index (Phi) is 5.55. The maximum atomic E-state index is 12.2. The summed E-state index contributed by atoms with van der Waals surface area (Å²) in [4.78, 5) is 24.9. The lowest BCUT2D eigenvalue weighted by molar-refractivity contribution is -0.143. The van der Waals surface area contributed by atoms with Gasteiger partial charge in [-0.05, 0) is 44.0 Å². The molecule has 4 nitrogen and oxygen atoms in total. The average molecular weight is 263 g/mol. The molecule has 0 aliphatic rings. The van der Waals surface area contributed by atoms with Gasteiger partial charge in [0.25, 0.3) is 5.91 Å². The molecule has 0 aromatic heterocycles. The van der Waals surface area contributed by atoms with Gasteiger partial charge in [-0.1, -0.05) is 6.07 Å². The molecule has 0 N–H and O–H groups in total. The van der Waals surface area contributed by atoms with Crippen molar-refractivity contribution in [3.63, 3.8) is 0 Å². The molecule has 1 rings (SSSR count). The van der Waals surface area contributed by atoms with Gasteiger partial charge in [-0.25, -0.2) is 0 Å². The zero-order valence-corrected chi connectivity index (χ0v) is 12.0. The van der Waals surface area contributed by atoms with Gasteiger partial charge in [0.2, 0.25) is 0 Å². The molecule has 104 valence electrons. The van der Waals surface area contributed by atoms with Gasteiger partial charge in [0, 0.05) is 19.2 Å². The second-order valence-electron chi connectivity index (χ2n) is 4.58. The SMILES string of the molecule is CCOC(=O)CCN(C)C(=O)c1ccc(C)c(C)c1. The molecule has 4 heteroatoms. The Morgan fingerprint density at radius 1 is 1.21 bits per heavy atom. The quantitative estimate of drug-likeness (QED) is 0.766. The summed E-state index contributed by atoms with van der Waals surface area (Å²) < 4.78 is 4.84. The first-order valence-corrected chi connectivity index (χ1v) is 6.44. The molecule has 0 atom stereocenters. The molecule has 0 unspecified atom stereocenters. The van der Waals surface area contributed by atoms with Gasteiger partial charge >= 0.3 is 5.97 Å². The van der Waals surface area contributed by atoms with Crippen molar-refractivity contribution in [1.29, 1.82) is 0 Å². The van der Waals surface area contributed by atoms with Gasteiger partial charge in [0.1, 0.15) is 0 Å². The van der Waals surface area contributed by atoms with Crippen LogP contribution in [-0.4, -0.2) is 37.0 Å². The number of nitrogens with zero attached hydrogens (tertiary/aromatic N) is 1. The van der Waals surface area contributed by atoms with Crippen molar-refractivity contribution < 1.29 is 14.3 Å². The predicted octanol–water partition coefficient (Wildman–Crippen LogP) is 2.33. The standard InChI is InChI=1S/C15H21NO3/c1-5-19-14(17)8-9-16(4)15(18)13-7-6-11(2)12(3)10-13/h6-7,10H,5,8-9H2,1-4H3. The first kappa shape index (κ1) is 15.2. The summed E-state index contributed by atoms with van der Waals surface area (Å²) in [6.45, 7) is 6.48. The molecule has 0 radical (unpaired) electrons. The number of rotatable bonds is 5. The summed E-state index contributed by atoms with van der Waals surface area (Å²) in [5, 5.41) is 0. The van der Waals surface area contributed by atoms with Gasteiger partial charge < -0.3 is 9.64 Å². The van der Waals surface area contributed by atoms with E-state index in [1.807, 2.05) is 32.0 Å². The van der Waals surface area contributed by atoms with Crippen LogP contribution in [-0.2, 0) is 9.53 Å². The highest BCUT2D eigenvalue weighted by Gasteiger charge is 2.13. The Morgan fingerprint density at radius 3 is 2.47 bits per heavy atom. The highest BCUT2D eigenvalue weighted by atomic mass is 16.5. The number of carbonyl (C=O) groups is 2. The summed E-state index contributed by atoms with van der Waals surface area (Å²) in [5.74, 6) is -0.352. The van der Waals surface area contributed by atoms with Crippen LogP contribution in [0.3, 0.4) is 0 Å². The number of carbonyl (C=O) groups excluding carboxylic acids is 2. The maximum Gasteiger partial charge on any atom is 0.307 e. The van der Waals surface area contributed by atoms with Gasteiger partial charge in [0.15, 0.2) is 0 Å². The molecule has 0 heterocycles. The van der Waals surface area contributed by atoms with Gasteiger partial charge in [-0.15, -0.1) is 0 Å². The molecule has 0 saturated heterocycles. The zero-order valence-electron chi connectivity index (χ0n) is 12.0. The number of ether oxygens (including phenoxy) is 1. The molecule has 0 fully saturated rings. The molecule has 0 aliphatic carbocycles. The van der Waals surface area contributed by atoms with Gasteiger partial charge in [0.05, 0.1) is 13.0 Å². The normalized spacial score (nSPS) is 10.1. The number of amides is 1. The minimum absolute atomic E-state index is 0.0765. The van der Waals surface area contributed by atoms with E-state index in [1.54, 1.807) is 18.9 Å². The fraction of sp³-hybridized carbons (Fsp3) is 0.467. The van der Waals surface area contributed by atoms with E-state index in [0.717, 1.165) is 11.1 Å². The Hall–Kier alpha value is -1.84. The average Bonchev–Trinajstić information content (AvgIpc) is 2.38. The van der Waals surface area contributed by atoms with E-state index in [9.17, 15) is 9.59 Å². The third-order valence-electron chi connectivity index (χ3n) is 3.06. The molecular formula is C15H21NO3. The monoisotopic (exact) mass is 263 g/mol. The van der Waals surface area contributed by atoms with Crippen molar-refractivity contribution >= 4 is 11.9 Å². The van der Waals surface area contributed by atoms with E-state index in [0.29, 0.717) is 18.7 Å². The van der Waals surface area contributed by atoms with Crippen LogP contribution in [0.5, 0.6) is 0 Å². The Bertz CT molecular complexity index is 468. The van der Waals surface area contributed by atoms with Crippen molar-refractivity contribution in [2.45, 2.75) is 27.2 Å². The summed E-state index contributed by atoms with van der Waals surface area (Å²) in [6.07, 6.45) is 0.223. The molecule has 0 bridgehead atoms. The molecule has 0 spiro atoms. The molecule has 1 aromatic rings. The van der Waals surface area contributed by atoms with Crippen molar-refractivity contribution in [3.05, 3.63) is 34.9 Å². The molecule has 19 heavy (non-hydrogen) atoms. The van der Waals surface area contributed by atoms with E-state index >= 15 is 0 Å². The smallest absolute Gasteiger partial charge is 0.307 e. The lowest BCUT2D eigenvalue weighted by atomic mass is 10.1. The number of esters is 1. The fourth-order valence-electron chi connectivity index (χ4n) is 1.69. The first-order valence-electron chi connectivity index (χ1n) is 6.44. The van der Waals surface area contributed by atoms with E-state index < -0.39 is 0 Å². The van der Waals surface area contributed by atoms with Crippen LogP contribution in [0, 0.1) is 13.8 Å². The molecule has 0 saturated carbocycles. The Balaban J connectivity index is 2.61. The van der Waals surface area contributed by atoms with E-state index in [4.69, 9.17) is 4.74 Å². The second-order valence-corrected chi connectivity index (χ2v) is 4.58. The Morgan fingerprint density at radius 2 is 1.89 bits per heavy atom. The van der Waals surface area contributed by atoms with Crippen molar-refractivity contribution in [2.75, 3.05) is 20.2 Å². The number of hydrogen-bond acceptors (Lipinski definition) is 3. The van der Waals surface area contributed by atoms with E-state index in [2.05, 4.69) is 0 Å². The van der Waals surface area contributed by atoms with Gasteiger partial charge in [-0.3, -0.25) is 9.59 Å². The molecular weight excluding hydrogens is 242 g/mol. The summed E-state index contributed by atoms with van der Waals surface area (Å²) in [7, 11) is 1.69. The third-order valence-corrected chi connectivity index (χ3v) is 3.06. The van der Waals surface area contributed by atoms with Crippen LogP contribution in [0.4, 0.5) is 0 Å². The molecule has 1 amide bonds. The minimum atomic E-state index is -0.276. The van der Waals surface area contributed by atoms with Crippen LogP contribution < -0.4 is 0 Å². The number of hydrogen-bond donors (Lipinski definition) is 0. The van der Waals surface area contributed by atoms with Crippen LogP contribution in [0.15, 0.2) is 18.2 Å². The lowest BCUT2D eigenvalue weighted by Crippen LogP contribution is -2.29. The summed E-state index contributed by atoms with van der Waals surface area (Å²) in [5.41, 5.74) is 2.89. The highest BCUT2D eigenvalue weighted by molar-refractivity contribution is 5.94. The predicted molar refractivity (Wildman–Crippen MR) is 74.1 cm³/mol. The van der Waals surface area contributed by atoms with Crippen LogP contribution in [0.2, 0.25) is 0 Å². The first-order chi connectivity index (χ1) is 8.95. The van der Waals surface area contributed by atoms with Crippen molar-refractivity contribution in [3.8, 4) is 0 Å². The minimum Gasteiger partial charge on any atom is -0.466 e. The number of benzene rings is 1. The highest BCUT2D eigenvalue weighted by Crippen LogP contribution is 2.11.